The molecule has 1 saturated heterocycles. The molecule has 2 atom stereocenters. The lowest BCUT2D eigenvalue weighted by molar-refractivity contribution is -0.137. The lowest BCUT2D eigenvalue weighted by Gasteiger charge is -2.19. The molecular weight excluding hydrogens is 370 g/mol. The summed E-state index contributed by atoms with van der Waals surface area (Å²) in [5.41, 5.74) is 1.54. The van der Waals surface area contributed by atoms with Crippen LogP contribution < -0.4 is 10.1 Å². The molecule has 0 aliphatic carbocycles. The summed E-state index contributed by atoms with van der Waals surface area (Å²) < 4.78 is 11.3. The molecule has 29 heavy (non-hydrogen) atoms. The molecule has 2 aromatic carbocycles. The van der Waals surface area contributed by atoms with Crippen LogP contribution in [0.4, 0.5) is 0 Å². The van der Waals surface area contributed by atoms with Gasteiger partial charge in [0.15, 0.2) is 0 Å². The number of carboxylic acids is 1. The fourth-order valence-corrected chi connectivity index (χ4v) is 3.38. The number of carboxylic acid groups (broad SMARTS) is 1. The van der Waals surface area contributed by atoms with Crippen molar-refractivity contribution in [2.45, 2.75) is 44.2 Å². The smallest absolute Gasteiger partial charge is 0.303 e. The maximum Gasteiger partial charge on any atom is 0.303 e. The quantitative estimate of drug-likeness (QED) is 0.641. The standard InChI is InChI=1S/C23H27NO5/c25-22(26)12-11-19(14-17-6-2-1-3-7-17)24-23(27)18-8-4-9-20(15-18)29-16-21-10-5-13-28-21/h1-4,6-9,15,19,21H,5,10-14,16H2,(H,24,27)(H,25,26). The first-order valence-corrected chi connectivity index (χ1v) is 10.0. The summed E-state index contributed by atoms with van der Waals surface area (Å²) in [5.74, 6) is -0.487. The van der Waals surface area contributed by atoms with Crippen LogP contribution in [-0.4, -0.2) is 42.3 Å². The minimum atomic E-state index is -0.873. The van der Waals surface area contributed by atoms with Crippen LogP contribution in [0.25, 0.3) is 0 Å². The summed E-state index contributed by atoms with van der Waals surface area (Å²) in [5, 5.41) is 12.0. The van der Waals surface area contributed by atoms with E-state index in [4.69, 9.17) is 14.6 Å². The minimum Gasteiger partial charge on any atom is -0.491 e. The van der Waals surface area contributed by atoms with Gasteiger partial charge in [0.2, 0.25) is 0 Å². The predicted molar refractivity (Wildman–Crippen MR) is 109 cm³/mol. The molecule has 0 aromatic heterocycles. The van der Waals surface area contributed by atoms with Gasteiger partial charge < -0.3 is 19.9 Å². The number of aliphatic carboxylic acids is 1. The van der Waals surface area contributed by atoms with E-state index in [0.29, 0.717) is 30.8 Å². The molecule has 0 bridgehead atoms. The number of amides is 1. The number of benzene rings is 2. The Hall–Kier alpha value is -2.86. The highest BCUT2D eigenvalue weighted by Crippen LogP contribution is 2.18. The zero-order valence-corrected chi connectivity index (χ0v) is 16.4. The van der Waals surface area contributed by atoms with Gasteiger partial charge in [0, 0.05) is 24.6 Å². The molecule has 6 heteroatoms. The van der Waals surface area contributed by atoms with Crippen LogP contribution >= 0.6 is 0 Å². The second kappa shape index (κ2) is 10.6. The lowest BCUT2D eigenvalue weighted by atomic mass is 10.0. The largest absolute Gasteiger partial charge is 0.491 e. The van der Waals surface area contributed by atoms with Crippen molar-refractivity contribution in [2.24, 2.45) is 0 Å². The number of hydrogen-bond acceptors (Lipinski definition) is 4. The highest BCUT2D eigenvalue weighted by Gasteiger charge is 2.18. The van der Waals surface area contributed by atoms with E-state index in [-0.39, 0.29) is 24.5 Å². The van der Waals surface area contributed by atoms with Gasteiger partial charge in [0.1, 0.15) is 12.4 Å². The van der Waals surface area contributed by atoms with Crippen LogP contribution in [0.5, 0.6) is 5.75 Å². The first-order valence-electron chi connectivity index (χ1n) is 10.0. The molecule has 0 saturated carbocycles. The van der Waals surface area contributed by atoms with E-state index in [0.717, 1.165) is 25.0 Å². The van der Waals surface area contributed by atoms with Gasteiger partial charge in [-0.25, -0.2) is 0 Å². The van der Waals surface area contributed by atoms with Gasteiger partial charge in [-0.3, -0.25) is 9.59 Å². The molecule has 2 unspecified atom stereocenters. The summed E-state index contributed by atoms with van der Waals surface area (Å²) >= 11 is 0. The van der Waals surface area contributed by atoms with Crippen LogP contribution in [-0.2, 0) is 16.0 Å². The van der Waals surface area contributed by atoms with E-state index >= 15 is 0 Å². The molecule has 154 valence electrons. The first kappa shape index (κ1) is 20.9. The number of carbonyl (C=O) groups excluding carboxylic acids is 1. The Balaban J connectivity index is 1.61. The molecule has 2 aromatic rings. The summed E-state index contributed by atoms with van der Waals surface area (Å²) in [7, 11) is 0. The zero-order valence-electron chi connectivity index (χ0n) is 16.4. The average molecular weight is 397 g/mol. The monoisotopic (exact) mass is 397 g/mol. The Kier molecular flexibility index (Phi) is 7.64. The van der Waals surface area contributed by atoms with Crippen molar-refractivity contribution in [3.63, 3.8) is 0 Å². The van der Waals surface area contributed by atoms with Gasteiger partial charge in [-0.1, -0.05) is 36.4 Å². The second-order valence-electron chi connectivity index (χ2n) is 7.27. The highest BCUT2D eigenvalue weighted by molar-refractivity contribution is 5.94. The van der Waals surface area contributed by atoms with Crippen LogP contribution in [0.2, 0.25) is 0 Å². The third kappa shape index (κ3) is 6.91. The highest BCUT2D eigenvalue weighted by atomic mass is 16.5. The number of rotatable bonds is 10. The van der Waals surface area contributed by atoms with Crippen molar-refractivity contribution < 1.29 is 24.2 Å². The minimum absolute atomic E-state index is 0.00230. The van der Waals surface area contributed by atoms with Gasteiger partial charge in [0.05, 0.1) is 6.10 Å². The SMILES string of the molecule is O=C(O)CCC(Cc1ccccc1)NC(=O)c1cccc(OCC2CCCO2)c1. The fraction of sp³-hybridized carbons (Fsp3) is 0.391. The van der Waals surface area contributed by atoms with Crippen LogP contribution in [0.1, 0.15) is 41.6 Å². The Labute approximate surface area is 170 Å². The van der Waals surface area contributed by atoms with E-state index in [9.17, 15) is 9.59 Å². The number of carbonyl (C=O) groups is 2. The molecule has 1 fully saturated rings. The molecule has 2 N–H and O–H groups in total. The van der Waals surface area contributed by atoms with Gasteiger partial charge in [-0.2, -0.15) is 0 Å². The molecule has 1 aliphatic rings. The number of hydrogen-bond donors (Lipinski definition) is 2. The topological polar surface area (TPSA) is 84.9 Å². The molecule has 3 rings (SSSR count). The Bertz CT molecular complexity index is 802. The zero-order chi connectivity index (χ0) is 20.5. The average Bonchev–Trinajstić information content (AvgIpc) is 3.25. The maximum absolute atomic E-state index is 12.8. The predicted octanol–water partition coefficient (Wildman–Crippen LogP) is 3.45. The molecule has 1 amide bonds. The van der Waals surface area contributed by atoms with Crippen molar-refractivity contribution in [3.05, 3.63) is 65.7 Å². The molecular formula is C23H27NO5. The third-order valence-corrected chi connectivity index (χ3v) is 4.92. The first-order chi connectivity index (χ1) is 14.1. The molecule has 1 aliphatic heterocycles. The van der Waals surface area contributed by atoms with E-state index in [1.54, 1.807) is 18.2 Å². The van der Waals surface area contributed by atoms with Gasteiger partial charge in [-0.15, -0.1) is 0 Å². The fourth-order valence-electron chi connectivity index (χ4n) is 3.38. The van der Waals surface area contributed by atoms with Crippen LogP contribution in [0, 0.1) is 0 Å². The van der Waals surface area contributed by atoms with E-state index < -0.39 is 5.97 Å². The maximum atomic E-state index is 12.8. The summed E-state index contributed by atoms with van der Waals surface area (Å²) in [6.07, 6.45) is 3.10. The van der Waals surface area contributed by atoms with Crippen molar-refractivity contribution in [2.75, 3.05) is 13.2 Å². The molecule has 0 radical (unpaired) electrons. The Morgan fingerprint density at radius 2 is 2.00 bits per heavy atom. The lowest BCUT2D eigenvalue weighted by Crippen LogP contribution is -2.37. The summed E-state index contributed by atoms with van der Waals surface area (Å²) in [6.45, 7) is 1.25. The summed E-state index contributed by atoms with van der Waals surface area (Å²) in [6, 6.07) is 16.5. The Morgan fingerprint density at radius 1 is 1.17 bits per heavy atom. The summed E-state index contributed by atoms with van der Waals surface area (Å²) in [4.78, 5) is 23.8. The van der Waals surface area contributed by atoms with E-state index in [1.807, 2.05) is 36.4 Å². The van der Waals surface area contributed by atoms with Crippen molar-refractivity contribution in [3.8, 4) is 5.75 Å². The van der Waals surface area contributed by atoms with Gasteiger partial charge in [0.25, 0.3) is 5.91 Å². The third-order valence-electron chi connectivity index (χ3n) is 4.92. The molecule has 6 nitrogen and oxygen atoms in total. The normalized spacial score (nSPS) is 16.9. The van der Waals surface area contributed by atoms with Crippen molar-refractivity contribution in [1.82, 2.24) is 5.32 Å². The molecule has 1 heterocycles. The van der Waals surface area contributed by atoms with Crippen molar-refractivity contribution >= 4 is 11.9 Å². The van der Waals surface area contributed by atoms with Crippen molar-refractivity contribution in [1.29, 1.82) is 0 Å². The van der Waals surface area contributed by atoms with Crippen LogP contribution in [0.15, 0.2) is 54.6 Å². The van der Waals surface area contributed by atoms with E-state index in [1.165, 1.54) is 0 Å². The van der Waals surface area contributed by atoms with E-state index in [2.05, 4.69) is 5.32 Å². The van der Waals surface area contributed by atoms with Crippen LogP contribution in [0.3, 0.4) is 0 Å². The number of ether oxygens (including phenoxy) is 2. The Morgan fingerprint density at radius 3 is 2.72 bits per heavy atom. The van der Waals surface area contributed by atoms with Gasteiger partial charge in [-0.05, 0) is 49.4 Å². The number of nitrogens with one attached hydrogen (secondary N) is 1. The second-order valence-corrected chi connectivity index (χ2v) is 7.27. The molecule has 0 spiro atoms. The van der Waals surface area contributed by atoms with Gasteiger partial charge >= 0.3 is 5.97 Å².